The molecule has 0 radical (unpaired) electrons. The van der Waals surface area contributed by atoms with E-state index >= 15 is 0 Å². The van der Waals surface area contributed by atoms with Crippen molar-refractivity contribution in [1.29, 1.82) is 0 Å². The van der Waals surface area contributed by atoms with Gasteiger partial charge >= 0.3 is 0 Å². The Morgan fingerprint density at radius 3 is 2.53 bits per heavy atom. The largest absolute Gasteiger partial charge is 0.456 e. The summed E-state index contributed by atoms with van der Waals surface area (Å²) < 4.78 is 20.5. The average molecular weight is 500 g/mol. The molecule has 0 spiro atoms. The monoisotopic (exact) mass is 499 g/mol. The minimum atomic E-state index is -1.18. The molecule has 6 nitrogen and oxygen atoms in total. The normalized spacial score (nSPS) is 12.7. The maximum atomic E-state index is 6.39. The lowest BCUT2D eigenvalue weighted by molar-refractivity contribution is 0.0624. The predicted molar refractivity (Wildman–Crippen MR) is 140 cm³/mol. The summed E-state index contributed by atoms with van der Waals surface area (Å²) in [6, 6.07) is 14.8. The summed E-state index contributed by atoms with van der Waals surface area (Å²) in [6.45, 7) is 10.1. The smallest absolute Gasteiger partial charge is 0.139 e. The van der Waals surface area contributed by atoms with Gasteiger partial charge in [0.15, 0.2) is 0 Å². The van der Waals surface area contributed by atoms with Gasteiger partial charge in [-0.3, -0.25) is 0 Å². The van der Waals surface area contributed by atoms with Crippen LogP contribution in [0.2, 0.25) is 30.7 Å². The van der Waals surface area contributed by atoms with E-state index in [1.54, 1.807) is 0 Å². The number of para-hydroxylation sites is 1. The van der Waals surface area contributed by atoms with Crippen molar-refractivity contribution < 1.29 is 14.2 Å². The fourth-order valence-corrected chi connectivity index (χ4v) is 4.75. The molecule has 0 atom stereocenters. The van der Waals surface area contributed by atoms with E-state index in [0.29, 0.717) is 25.0 Å². The number of hydrogen-bond donors (Lipinski definition) is 0. The highest BCUT2D eigenvalue weighted by atomic mass is 35.5. The molecule has 0 bridgehead atoms. The van der Waals surface area contributed by atoms with Gasteiger partial charge in [0.25, 0.3) is 0 Å². The van der Waals surface area contributed by atoms with Crippen LogP contribution in [0, 0.1) is 0 Å². The molecule has 2 aromatic carbocycles. The molecule has 1 aromatic heterocycles. The number of ether oxygens (including phenoxy) is 3. The first-order valence-electron chi connectivity index (χ1n) is 11.7. The number of hydrogen-bond acceptors (Lipinski definition) is 5. The van der Waals surface area contributed by atoms with Gasteiger partial charge in [0.2, 0.25) is 0 Å². The van der Waals surface area contributed by atoms with Crippen molar-refractivity contribution in [3.63, 3.8) is 0 Å². The van der Waals surface area contributed by atoms with Crippen LogP contribution in [0.5, 0.6) is 11.5 Å². The second-order valence-electron chi connectivity index (χ2n) is 10.1. The van der Waals surface area contributed by atoms with Crippen LogP contribution in [0.25, 0.3) is 22.4 Å². The topological polar surface area (TPSA) is 48.8 Å². The number of benzene rings is 2. The quantitative estimate of drug-likeness (QED) is 0.187. The summed E-state index contributed by atoms with van der Waals surface area (Å²) in [7, 11) is 2.91. The molecule has 0 amide bonds. The third kappa shape index (κ3) is 5.90. The molecular weight excluding hydrogens is 466 g/mol. The lowest BCUT2D eigenvalue weighted by atomic mass is 9.99. The minimum absolute atomic E-state index is 0.378. The second kappa shape index (κ2) is 10.6. The standard InChI is InChI=1S/C26H34ClN3O3Si/c1-29(2)12-13-31-17-22-25-20-8-6-7-9-23(20)33-24-11-10-19(27)16-21(24)26(25)28-30(22)18-32-14-15-34(3,4)5/h6-11,16H,12-15,17-18H2,1-5H3. The minimum Gasteiger partial charge on any atom is -0.456 e. The summed E-state index contributed by atoms with van der Waals surface area (Å²) in [5, 5.41) is 5.66. The maximum absolute atomic E-state index is 6.39. The van der Waals surface area contributed by atoms with Gasteiger partial charge in [-0.05, 0) is 44.4 Å². The number of aromatic nitrogens is 2. The Balaban J connectivity index is 1.75. The lowest BCUT2D eigenvalue weighted by Crippen LogP contribution is -2.22. The van der Waals surface area contributed by atoms with Crippen LogP contribution >= 0.6 is 11.6 Å². The molecule has 8 heteroatoms. The summed E-state index contributed by atoms with van der Waals surface area (Å²) in [6.07, 6.45) is 0. The van der Waals surface area contributed by atoms with E-state index in [1.165, 1.54) is 0 Å². The highest BCUT2D eigenvalue weighted by Crippen LogP contribution is 2.48. The number of rotatable bonds is 10. The van der Waals surface area contributed by atoms with E-state index in [-0.39, 0.29) is 0 Å². The fourth-order valence-electron chi connectivity index (χ4n) is 3.82. The first-order valence-corrected chi connectivity index (χ1v) is 15.8. The molecule has 0 unspecified atom stereocenters. The van der Waals surface area contributed by atoms with Gasteiger partial charge in [-0.25, -0.2) is 4.68 Å². The van der Waals surface area contributed by atoms with Crippen molar-refractivity contribution in [1.82, 2.24) is 14.7 Å². The third-order valence-corrected chi connectivity index (χ3v) is 7.70. The van der Waals surface area contributed by atoms with Crippen molar-refractivity contribution >= 4 is 19.7 Å². The maximum Gasteiger partial charge on any atom is 0.139 e. The van der Waals surface area contributed by atoms with E-state index in [2.05, 4.69) is 30.6 Å². The van der Waals surface area contributed by atoms with Gasteiger partial charge < -0.3 is 19.1 Å². The van der Waals surface area contributed by atoms with E-state index in [0.717, 1.165) is 58.8 Å². The number of nitrogens with zero attached hydrogens (tertiary/aromatic N) is 3. The van der Waals surface area contributed by atoms with Gasteiger partial charge in [0, 0.05) is 42.9 Å². The number of halogens is 1. The molecule has 2 heterocycles. The number of likely N-dealkylation sites (N-methyl/N-ethyl adjacent to an activating group) is 1. The fraction of sp³-hybridized carbons (Fsp3) is 0.423. The molecule has 3 aromatic rings. The van der Waals surface area contributed by atoms with Crippen LogP contribution in [0.15, 0.2) is 42.5 Å². The van der Waals surface area contributed by atoms with Crippen LogP contribution in [0.3, 0.4) is 0 Å². The summed E-state index contributed by atoms with van der Waals surface area (Å²) in [5.74, 6) is 1.53. The Hall–Kier alpha value is -2.16. The van der Waals surface area contributed by atoms with Gasteiger partial charge in [0.05, 0.1) is 18.9 Å². The van der Waals surface area contributed by atoms with Crippen LogP contribution in [-0.4, -0.2) is 56.6 Å². The molecule has 0 N–H and O–H groups in total. The van der Waals surface area contributed by atoms with Crippen LogP contribution in [0.4, 0.5) is 0 Å². The SMILES string of the molecule is CN(C)CCOCc1c2c(nn1COCC[Si](C)(C)C)-c1cc(Cl)ccc1Oc1ccccc1-2. The molecule has 1 aliphatic rings. The molecule has 0 fully saturated rings. The Labute approximate surface area is 208 Å². The van der Waals surface area contributed by atoms with Crippen molar-refractivity contribution in [3.05, 3.63) is 53.2 Å². The van der Waals surface area contributed by atoms with Crippen LogP contribution in [-0.2, 0) is 22.8 Å². The Bertz CT molecular complexity index is 1140. The zero-order chi connectivity index (χ0) is 24.3. The molecule has 0 saturated heterocycles. The van der Waals surface area contributed by atoms with Gasteiger partial charge in [-0.1, -0.05) is 49.4 Å². The molecule has 0 aliphatic carbocycles. The van der Waals surface area contributed by atoms with E-state index in [9.17, 15) is 0 Å². The molecule has 1 aliphatic heterocycles. The second-order valence-corrected chi connectivity index (χ2v) is 16.2. The molecule has 0 saturated carbocycles. The van der Waals surface area contributed by atoms with Crippen LogP contribution in [0.1, 0.15) is 5.69 Å². The van der Waals surface area contributed by atoms with Crippen molar-refractivity contribution in [2.75, 3.05) is 33.9 Å². The van der Waals surface area contributed by atoms with Gasteiger partial charge in [0.1, 0.15) is 23.9 Å². The molecule has 34 heavy (non-hydrogen) atoms. The zero-order valence-corrected chi connectivity index (χ0v) is 22.5. The summed E-state index contributed by atoms with van der Waals surface area (Å²) >= 11 is 6.39. The molecule has 182 valence electrons. The zero-order valence-electron chi connectivity index (χ0n) is 20.7. The summed E-state index contributed by atoms with van der Waals surface area (Å²) in [5.41, 5.74) is 4.68. The van der Waals surface area contributed by atoms with Crippen molar-refractivity contribution in [2.45, 2.75) is 39.0 Å². The Morgan fingerprint density at radius 1 is 1.00 bits per heavy atom. The predicted octanol–water partition coefficient (Wildman–Crippen LogP) is 6.37. The van der Waals surface area contributed by atoms with E-state index in [4.69, 9.17) is 30.9 Å². The Morgan fingerprint density at radius 2 is 1.76 bits per heavy atom. The number of fused-ring (bicyclic) bond motifs is 5. The third-order valence-electron chi connectivity index (χ3n) is 5.76. The first kappa shape index (κ1) is 24.9. The van der Waals surface area contributed by atoms with Gasteiger partial charge in [-0.15, -0.1) is 0 Å². The first-order chi connectivity index (χ1) is 16.2. The summed E-state index contributed by atoms with van der Waals surface area (Å²) in [4.78, 5) is 2.11. The highest BCUT2D eigenvalue weighted by Gasteiger charge is 2.28. The lowest BCUT2D eigenvalue weighted by Gasteiger charge is -2.17. The van der Waals surface area contributed by atoms with Crippen molar-refractivity contribution in [3.8, 4) is 33.9 Å². The van der Waals surface area contributed by atoms with E-state index < -0.39 is 8.07 Å². The highest BCUT2D eigenvalue weighted by molar-refractivity contribution is 6.76. The average Bonchev–Trinajstić information content (AvgIpc) is 3.06. The van der Waals surface area contributed by atoms with Crippen LogP contribution < -0.4 is 4.74 Å². The van der Waals surface area contributed by atoms with E-state index in [1.807, 2.05) is 55.2 Å². The van der Waals surface area contributed by atoms with Crippen molar-refractivity contribution in [2.24, 2.45) is 0 Å². The Kier molecular flexibility index (Phi) is 7.79. The molecule has 4 rings (SSSR count). The van der Waals surface area contributed by atoms with Gasteiger partial charge in [-0.2, -0.15) is 5.10 Å². The molecular formula is C26H34ClN3O3Si.